The molecule has 3 heterocycles. The van der Waals surface area contributed by atoms with E-state index >= 15 is 0 Å². The lowest BCUT2D eigenvalue weighted by Crippen LogP contribution is -2.44. The summed E-state index contributed by atoms with van der Waals surface area (Å²) < 4.78 is 0. The largest absolute Gasteiger partial charge is 0.351 e. The highest BCUT2D eigenvalue weighted by Crippen LogP contribution is 2.19. The van der Waals surface area contributed by atoms with Gasteiger partial charge in [-0.05, 0) is 12.8 Å². The van der Waals surface area contributed by atoms with Crippen molar-refractivity contribution in [2.75, 3.05) is 26.2 Å². The molecular formula is C8H15N3O. The number of carbonyl (C=O) groups is 1. The van der Waals surface area contributed by atoms with E-state index in [-0.39, 0.29) is 6.03 Å². The molecule has 0 spiro atoms. The number of primary amides is 1. The van der Waals surface area contributed by atoms with Gasteiger partial charge in [-0.1, -0.05) is 0 Å². The number of rotatable bonds is 0. The number of carbonyl (C=O) groups excluding carboxylic acids is 1. The van der Waals surface area contributed by atoms with E-state index in [9.17, 15) is 4.79 Å². The highest BCUT2D eigenvalue weighted by molar-refractivity contribution is 5.72. The molecule has 4 heteroatoms. The molecule has 2 bridgehead atoms. The van der Waals surface area contributed by atoms with Crippen molar-refractivity contribution in [2.24, 2.45) is 5.73 Å². The van der Waals surface area contributed by atoms with Crippen molar-refractivity contribution in [3.05, 3.63) is 0 Å². The molecule has 2 N–H and O–H groups in total. The lowest BCUT2D eigenvalue weighted by molar-refractivity contribution is 0.178. The maximum Gasteiger partial charge on any atom is 0.315 e. The summed E-state index contributed by atoms with van der Waals surface area (Å²) in [5.41, 5.74) is 5.29. The lowest BCUT2D eigenvalue weighted by Gasteiger charge is -2.30. The first kappa shape index (κ1) is 7.86. The third-order valence-electron chi connectivity index (χ3n) is 2.94. The van der Waals surface area contributed by atoms with Crippen LogP contribution in [0.1, 0.15) is 12.8 Å². The van der Waals surface area contributed by atoms with E-state index in [1.165, 1.54) is 0 Å². The van der Waals surface area contributed by atoms with Gasteiger partial charge in [0, 0.05) is 32.2 Å². The van der Waals surface area contributed by atoms with E-state index in [1.807, 2.05) is 4.90 Å². The van der Waals surface area contributed by atoms with E-state index < -0.39 is 0 Å². The van der Waals surface area contributed by atoms with E-state index in [1.54, 1.807) is 0 Å². The summed E-state index contributed by atoms with van der Waals surface area (Å²) >= 11 is 0. The second kappa shape index (κ2) is 2.94. The lowest BCUT2D eigenvalue weighted by atomic mass is 10.1. The Hall–Kier alpha value is -0.770. The van der Waals surface area contributed by atoms with Gasteiger partial charge in [-0.2, -0.15) is 0 Å². The van der Waals surface area contributed by atoms with Gasteiger partial charge in [0.05, 0.1) is 0 Å². The third kappa shape index (κ3) is 1.27. The van der Waals surface area contributed by atoms with Crippen molar-refractivity contribution in [3.63, 3.8) is 0 Å². The summed E-state index contributed by atoms with van der Waals surface area (Å²) in [6.45, 7) is 4.09. The Morgan fingerprint density at radius 1 is 1.17 bits per heavy atom. The quantitative estimate of drug-likeness (QED) is 0.548. The summed E-state index contributed by atoms with van der Waals surface area (Å²) in [6.07, 6.45) is 2.20. The second-order valence-corrected chi connectivity index (χ2v) is 3.60. The van der Waals surface area contributed by atoms with Crippen molar-refractivity contribution in [1.82, 2.24) is 9.80 Å². The SMILES string of the molecule is NC(=O)N1CCN2CCC1CC2. The molecule has 3 aliphatic heterocycles. The van der Waals surface area contributed by atoms with Gasteiger partial charge in [0.1, 0.15) is 0 Å². The molecule has 2 amide bonds. The maximum absolute atomic E-state index is 11.0. The zero-order valence-electron chi connectivity index (χ0n) is 7.20. The van der Waals surface area contributed by atoms with Gasteiger partial charge in [-0.3, -0.25) is 0 Å². The number of fused-ring (bicyclic) bond motifs is 4. The van der Waals surface area contributed by atoms with Crippen molar-refractivity contribution in [1.29, 1.82) is 0 Å². The highest BCUT2D eigenvalue weighted by atomic mass is 16.2. The number of piperidine rings is 1. The Kier molecular flexibility index (Phi) is 1.92. The minimum atomic E-state index is -0.247. The molecule has 3 rings (SSSR count). The standard InChI is InChI=1S/C8H15N3O/c9-8(12)11-6-5-10-3-1-7(11)2-4-10/h7H,1-6H2,(H2,9,12). The van der Waals surface area contributed by atoms with Crippen LogP contribution in [0.3, 0.4) is 0 Å². The van der Waals surface area contributed by atoms with Gasteiger partial charge < -0.3 is 15.5 Å². The van der Waals surface area contributed by atoms with Gasteiger partial charge in [0.25, 0.3) is 0 Å². The highest BCUT2D eigenvalue weighted by Gasteiger charge is 2.30. The molecule has 0 atom stereocenters. The van der Waals surface area contributed by atoms with Crippen LogP contribution in [0.5, 0.6) is 0 Å². The fourth-order valence-corrected chi connectivity index (χ4v) is 2.18. The van der Waals surface area contributed by atoms with E-state index in [0.29, 0.717) is 6.04 Å². The minimum Gasteiger partial charge on any atom is -0.351 e. The van der Waals surface area contributed by atoms with Gasteiger partial charge in [0.15, 0.2) is 0 Å². The zero-order valence-corrected chi connectivity index (χ0v) is 7.20. The molecule has 0 aromatic carbocycles. The Morgan fingerprint density at radius 2 is 1.83 bits per heavy atom. The summed E-state index contributed by atoms with van der Waals surface area (Å²) in [7, 11) is 0. The minimum absolute atomic E-state index is 0.247. The number of nitrogens with two attached hydrogens (primary N) is 1. The van der Waals surface area contributed by atoms with Crippen molar-refractivity contribution in [3.8, 4) is 0 Å². The first-order valence-electron chi connectivity index (χ1n) is 4.56. The topological polar surface area (TPSA) is 49.6 Å². The third-order valence-corrected chi connectivity index (χ3v) is 2.94. The number of hydrogen-bond donors (Lipinski definition) is 1. The Labute approximate surface area is 72.3 Å². The first-order valence-corrected chi connectivity index (χ1v) is 4.56. The Balaban J connectivity index is 2.10. The van der Waals surface area contributed by atoms with Crippen LogP contribution in [-0.4, -0.2) is 48.1 Å². The van der Waals surface area contributed by atoms with Crippen LogP contribution in [0.2, 0.25) is 0 Å². The van der Waals surface area contributed by atoms with Crippen molar-refractivity contribution < 1.29 is 4.79 Å². The molecule has 12 heavy (non-hydrogen) atoms. The van der Waals surface area contributed by atoms with Crippen LogP contribution < -0.4 is 5.73 Å². The maximum atomic E-state index is 11.0. The predicted octanol–water partition coefficient (Wildman–Crippen LogP) is -0.155. The molecular weight excluding hydrogens is 154 g/mol. The first-order chi connectivity index (χ1) is 5.77. The molecule has 0 aromatic rings. The summed E-state index contributed by atoms with van der Waals surface area (Å²) in [5, 5.41) is 0. The van der Waals surface area contributed by atoms with Gasteiger partial charge in [-0.15, -0.1) is 0 Å². The smallest absolute Gasteiger partial charge is 0.315 e. The van der Waals surface area contributed by atoms with E-state index in [0.717, 1.165) is 39.0 Å². The monoisotopic (exact) mass is 169 g/mol. The zero-order chi connectivity index (χ0) is 8.55. The number of amides is 2. The molecule has 4 nitrogen and oxygen atoms in total. The summed E-state index contributed by atoms with van der Waals surface area (Å²) in [5.74, 6) is 0. The fraction of sp³-hybridized carbons (Fsp3) is 0.875. The van der Waals surface area contributed by atoms with Gasteiger partial charge >= 0.3 is 6.03 Å². The summed E-state index contributed by atoms with van der Waals surface area (Å²) in [6, 6.07) is 0.171. The molecule has 3 fully saturated rings. The predicted molar refractivity (Wildman–Crippen MR) is 45.8 cm³/mol. The van der Waals surface area contributed by atoms with E-state index in [4.69, 9.17) is 5.73 Å². The molecule has 0 aliphatic carbocycles. The van der Waals surface area contributed by atoms with Crippen LogP contribution in [0.15, 0.2) is 0 Å². The van der Waals surface area contributed by atoms with Crippen molar-refractivity contribution >= 4 is 6.03 Å². The van der Waals surface area contributed by atoms with Crippen LogP contribution >= 0.6 is 0 Å². The molecule has 0 unspecified atom stereocenters. The Bertz CT molecular complexity index is 187. The average molecular weight is 169 g/mol. The molecule has 0 aromatic heterocycles. The number of nitrogens with zero attached hydrogens (tertiary/aromatic N) is 2. The second-order valence-electron chi connectivity index (χ2n) is 3.60. The molecule has 0 saturated carbocycles. The molecule has 68 valence electrons. The molecule has 3 saturated heterocycles. The van der Waals surface area contributed by atoms with Crippen molar-refractivity contribution in [2.45, 2.75) is 18.9 Å². The fourth-order valence-electron chi connectivity index (χ4n) is 2.18. The normalized spacial score (nSPS) is 34.8. The molecule has 3 aliphatic rings. The Morgan fingerprint density at radius 3 is 2.42 bits per heavy atom. The van der Waals surface area contributed by atoms with Crippen LogP contribution in [0.4, 0.5) is 4.79 Å². The van der Waals surface area contributed by atoms with Crippen LogP contribution in [-0.2, 0) is 0 Å². The van der Waals surface area contributed by atoms with Gasteiger partial charge in [0.2, 0.25) is 0 Å². The van der Waals surface area contributed by atoms with Gasteiger partial charge in [-0.25, -0.2) is 4.79 Å². The number of urea groups is 1. The van der Waals surface area contributed by atoms with E-state index in [2.05, 4.69) is 4.90 Å². The molecule has 0 radical (unpaired) electrons. The average Bonchev–Trinajstić information content (AvgIpc) is 2.36. The van der Waals surface area contributed by atoms with Crippen LogP contribution in [0, 0.1) is 0 Å². The van der Waals surface area contributed by atoms with Crippen LogP contribution in [0.25, 0.3) is 0 Å². The number of hydrogen-bond acceptors (Lipinski definition) is 2. The summed E-state index contributed by atoms with van der Waals surface area (Å²) in [4.78, 5) is 15.3.